The summed E-state index contributed by atoms with van der Waals surface area (Å²) in [6.07, 6.45) is 1.71. The van der Waals surface area contributed by atoms with Gasteiger partial charge in [0, 0.05) is 17.0 Å². The first-order chi connectivity index (χ1) is 9.00. The number of anilines is 1. The van der Waals surface area contributed by atoms with Crippen molar-refractivity contribution in [3.8, 4) is 5.88 Å². The molecule has 0 aliphatic heterocycles. The lowest BCUT2D eigenvalue weighted by atomic mass is 9.98. The Labute approximate surface area is 117 Å². The average Bonchev–Trinajstić information content (AvgIpc) is 2.85. The van der Waals surface area contributed by atoms with E-state index in [-0.39, 0.29) is 5.41 Å². The van der Waals surface area contributed by atoms with E-state index in [1.165, 1.54) is 0 Å². The maximum absolute atomic E-state index is 5.20. The number of aromatic nitrogens is 2. The van der Waals surface area contributed by atoms with Gasteiger partial charge in [0.05, 0.1) is 30.0 Å². The van der Waals surface area contributed by atoms with Gasteiger partial charge in [0.25, 0.3) is 0 Å². The Morgan fingerprint density at radius 2 is 2.16 bits per heavy atom. The lowest BCUT2D eigenvalue weighted by molar-refractivity contribution is 0.399. The normalized spacial score (nSPS) is 11.4. The van der Waals surface area contributed by atoms with Gasteiger partial charge < -0.3 is 10.1 Å². The Morgan fingerprint density at radius 3 is 2.79 bits per heavy atom. The Morgan fingerprint density at radius 1 is 1.37 bits per heavy atom. The fourth-order valence-electron chi connectivity index (χ4n) is 1.61. The molecule has 0 amide bonds. The van der Waals surface area contributed by atoms with Crippen molar-refractivity contribution in [1.29, 1.82) is 0 Å². The Balaban J connectivity index is 2.05. The summed E-state index contributed by atoms with van der Waals surface area (Å²) in [6.45, 7) is 7.20. The van der Waals surface area contributed by atoms with Crippen molar-refractivity contribution in [2.24, 2.45) is 0 Å². The number of rotatable bonds is 4. The highest BCUT2D eigenvalue weighted by molar-refractivity contribution is 7.09. The minimum Gasteiger partial charge on any atom is -0.480 e. The number of ether oxygens (including phenoxy) is 1. The molecule has 1 N–H and O–H groups in total. The number of pyridine rings is 1. The van der Waals surface area contributed by atoms with Gasteiger partial charge in [0.1, 0.15) is 0 Å². The second-order valence-electron chi connectivity index (χ2n) is 5.31. The Bertz CT molecular complexity index is 546. The van der Waals surface area contributed by atoms with Crippen molar-refractivity contribution in [3.63, 3.8) is 0 Å². The molecular weight excluding hydrogens is 258 g/mol. The van der Waals surface area contributed by atoms with E-state index in [2.05, 4.69) is 41.4 Å². The maximum Gasteiger partial charge on any atom is 0.237 e. The summed E-state index contributed by atoms with van der Waals surface area (Å²) in [7, 11) is 1.62. The van der Waals surface area contributed by atoms with Gasteiger partial charge in [-0.25, -0.2) is 9.97 Å². The zero-order chi connectivity index (χ0) is 13.9. The fourth-order valence-corrected chi connectivity index (χ4v) is 2.51. The summed E-state index contributed by atoms with van der Waals surface area (Å²) >= 11 is 1.70. The molecule has 2 aromatic heterocycles. The van der Waals surface area contributed by atoms with Crippen LogP contribution in [0.25, 0.3) is 0 Å². The van der Waals surface area contributed by atoms with Crippen LogP contribution in [0, 0.1) is 0 Å². The first kappa shape index (κ1) is 13.8. The van der Waals surface area contributed by atoms with Crippen LogP contribution in [0.3, 0.4) is 0 Å². The zero-order valence-corrected chi connectivity index (χ0v) is 12.5. The summed E-state index contributed by atoms with van der Waals surface area (Å²) in [6, 6.07) is 3.83. The van der Waals surface area contributed by atoms with Crippen molar-refractivity contribution in [1.82, 2.24) is 9.97 Å². The highest BCUT2D eigenvalue weighted by Gasteiger charge is 2.17. The second kappa shape index (κ2) is 5.57. The van der Waals surface area contributed by atoms with Gasteiger partial charge in [-0.05, 0) is 12.1 Å². The van der Waals surface area contributed by atoms with E-state index >= 15 is 0 Å². The van der Waals surface area contributed by atoms with Crippen LogP contribution in [0.5, 0.6) is 5.88 Å². The molecule has 0 bridgehead atoms. The molecule has 2 rings (SSSR count). The topological polar surface area (TPSA) is 47.0 Å². The smallest absolute Gasteiger partial charge is 0.237 e. The largest absolute Gasteiger partial charge is 0.480 e. The van der Waals surface area contributed by atoms with Crippen molar-refractivity contribution >= 4 is 17.0 Å². The molecule has 2 heterocycles. The predicted molar refractivity (Wildman–Crippen MR) is 78.9 cm³/mol. The van der Waals surface area contributed by atoms with Crippen LogP contribution in [0.1, 0.15) is 31.5 Å². The van der Waals surface area contributed by atoms with E-state index in [1.807, 2.05) is 12.1 Å². The molecule has 5 heteroatoms. The van der Waals surface area contributed by atoms with Crippen LogP contribution in [-0.2, 0) is 12.0 Å². The SMILES string of the molecule is COc1ncccc1NCc1csc(C(C)(C)C)n1. The van der Waals surface area contributed by atoms with Gasteiger partial charge in [0.15, 0.2) is 0 Å². The highest BCUT2D eigenvalue weighted by atomic mass is 32.1. The zero-order valence-electron chi connectivity index (χ0n) is 11.7. The minimum atomic E-state index is 0.106. The number of hydrogen-bond acceptors (Lipinski definition) is 5. The van der Waals surface area contributed by atoms with E-state index in [1.54, 1.807) is 24.6 Å². The quantitative estimate of drug-likeness (QED) is 0.929. The van der Waals surface area contributed by atoms with Crippen LogP contribution >= 0.6 is 11.3 Å². The fraction of sp³-hybridized carbons (Fsp3) is 0.429. The molecule has 0 fully saturated rings. The monoisotopic (exact) mass is 277 g/mol. The average molecular weight is 277 g/mol. The van der Waals surface area contributed by atoms with E-state index in [0.717, 1.165) is 16.4 Å². The van der Waals surface area contributed by atoms with Crippen LogP contribution < -0.4 is 10.1 Å². The van der Waals surface area contributed by atoms with Gasteiger partial charge in [0.2, 0.25) is 5.88 Å². The second-order valence-corrected chi connectivity index (χ2v) is 6.17. The number of methoxy groups -OCH3 is 1. The van der Waals surface area contributed by atoms with Crippen LogP contribution in [0.15, 0.2) is 23.7 Å². The Hall–Kier alpha value is -1.62. The van der Waals surface area contributed by atoms with Crippen molar-refractivity contribution in [3.05, 3.63) is 34.4 Å². The summed E-state index contributed by atoms with van der Waals surface area (Å²) in [5.41, 5.74) is 2.03. The molecule has 0 aliphatic carbocycles. The van der Waals surface area contributed by atoms with E-state index in [0.29, 0.717) is 12.4 Å². The number of nitrogens with one attached hydrogen (secondary N) is 1. The molecule has 0 saturated carbocycles. The first-order valence-corrected chi connectivity index (χ1v) is 7.06. The lowest BCUT2D eigenvalue weighted by Gasteiger charge is -2.13. The third kappa shape index (κ3) is 3.44. The van der Waals surface area contributed by atoms with E-state index < -0.39 is 0 Å². The van der Waals surface area contributed by atoms with Crippen LogP contribution in [-0.4, -0.2) is 17.1 Å². The molecule has 0 radical (unpaired) electrons. The predicted octanol–water partition coefficient (Wildman–Crippen LogP) is 3.46. The third-order valence-electron chi connectivity index (χ3n) is 2.62. The van der Waals surface area contributed by atoms with Crippen molar-refractivity contribution in [2.75, 3.05) is 12.4 Å². The molecule has 0 atom stereocenters. The van der Waals surface area contributed by atoms with Crippen LogP contribution in [0.4, 0.5) is 5.69 Å². The molecule has 102 valence electrons. The van der Waals surface area contributed by atoms with E-state index in [9.17, 15) is 0 Å². The molecule has 4 nitrogen and oxygen atoms in total. The molecule has 2 aromatic rings. The van der Waals surface area contributed by atoms with Gasteiger partial charge in [-0.1, -0.05) is 20.8 Å². The maximum atomic E-state index is 5.20. The molecule has 19 heavy (non-hydrogen) atoms. The minimum absolute atomic E-state index is 0.106. The molecular formula is C14H19N3OS. The van der Waals surface area contributed by atoms with Crippen molar-refractivity contribution < 1.29 is 4.74 Å². The molecule has 0 spiro atoms. The molecule has 0 aliphatic rings. The lowest BCUT2D eigenvalue weighted by Crippen LogP contribution is -2.11. The Kier molecular flexibility index (Phi) is 4.04. The third-order valence-corrected chi connectivity index (χ3v) is 3.93. The van der Waals surface area contributed by atoms with Gasteiger partial charge in [-0.15, -0.1) is 11.3 Å². The number of nitrogens with zero attached hydrogens (tertiary/aromatic N) is 2. The number of thiazole rings is 1. The van der Waals surface area contributed by atoms with Crippen molar-refractivity contribution in [2.45, 2.75) is 32.7 Å². The molecule has 0 unspecified atom stereocenters. The standard InChI is InChI=1S/C14H19N3OS/c1-14(2,3)13-17-10(9-19-13)8-16-11-6-5-7-15-12(11)18-4/h5-7,9,16H,8H2,1-4H3. The highest BCUT2D eigenvalue weighted by Crippen LogP contribution is 2.26. The van der Waals surface area contributed by atoms with Crippen LogP contribution in [0.2, 0.25) is 0 Å². The van der Waals surface area contributed by atoms with E-state index in [4.69, 9.17) is 4.74 Å². The summed E-state index contributed by atoms with van der Waals surface area (Å²) < 4.78 is 5.20. The summed E-state index contributed by atoms with van der Waals surface area (Å²) in [4.78, 5) is 8.80. The molecule has 0 saturated heterocycles. The first-order valence-electron chi connectivity index (χ1n) is 6.18. The molecule has 0 aromatic carbocycles. The summed E-state index contributed by atoms with van der Waals surface area (Å²) in [5.74, 6) is 0.605. The van der Waals surface area contributed by atoms with Gasteiger partial charge in [-0.3, -0.25) is 0 Å². The number of hydrogen-bond donors (Lipinski definition) is 1. The van der Waals surface area contributed by atoms with Gasteiger partial charge >= 0.3 is 0 Å². The summed E-state index contributed by atoms with van der Waals surface area (Å²) in [5, 5.41) is 6.55. The van der Waals surface area contributed by atoms with Gasteiger partial charge in [-0.2, -0.15) is 0 Å².